The standard InChI is InChI=1S/C25H49N13/c1-31(2)22(32(3)4)26-18-17-19(27-23(33(5)6)34(7)8)21(30-25(37(13)14)38(15)16)28-20(18)29-24(35(9)10)36(11)12/h17H,1-16H3/q+1. The summed E-state index contributed by atoms with van der Waals surface area (Å²) >= 11 is 0. The molecule has 0 spiro atoms. The van der Waals surface area contributed by atoms with Crippen LogP contribution < -0.4 is 4.99 Å². The highest BCUT2D eigenvalue weighted by atomic mass is 15.4. The minimum Gasteiger partial charge on any atom is -0.349 e. The van der Waals surface area contributed by atoms with Crippen molar-refractivity contribution in [3.8, 4) is 0 Å². The number of hydrogen-bond donors (Lipinski definition) is 0. The van der Waals surface area contributed by atoms with Gasteiger partial charge >= 0.3 is 11.7 Å². The zero-order chi connectivity index (χ0) is 29.5. The SMILES string of the molecule is CN(C)C(=NC1=CC(N=C(N(C)C)N(C)C)=C(N=C(N(C)C)N(C)C)[N+]=C1N=C(N(C)C)N(C)C)N(C)C. The summed E-state index contributed by atoms with van der Waals surface area (Å²) in [6.45, 7) is 0. The third kappa shape index (κ3) is 8.67. The molecule has 1 radical (unpaired) electrons. The lowest BCUT2D eigenvalue weighted by atomic mass is 10.2. The van der Waals surface area contributed by atoms with Crippen LogP contribution in [0.15, 0.2) is 43.3 Å². The molecule has 1 aliphatic heterocycles. The number of guanidine groups is 4. The highest BCUT2D eigenvalue weighted by Gasteiger charge is 2.30. The Kier molecular flexibility index (Phi) is 11.6. The summed E-state index contributed by atoms with van der Waals surface area (Å²) < 4.78 is 0. The van der Waals surface area contributed by atoms with Crippen LogP contribution in [0, 0.1) is 0 Å². The number of hydrogen-bond acceptors (Lipinski definition) is 5. The van der Waals surface area contributed by atoms with Crippen molar-refractivity contribution in [2.24, 2.45) is 20.0 Å². The van der Waals surface area contributed by atoms with Crippen molar-refractivity contribution in [2.75, 3.05) is 113 Å². The summed E-state index contributed by atoms with van der Waals surface area (Å²) in [4.78, 5) is 40.3. The molecule has 0 fully saturated rings. The van der Waals surface area contributed by atoms with E-state index in [-0.39, 0.29) is 0 Å². The number of amidine groups is 1. The van der Waals surface area contributed by atoms with E-state index < -0.39 is 0 Å². The highest BCUT2D eigenvalue weighted by Crippen LogP contribution is 2.20. The molecule has 0 bridgehead atoms. The Labute approximate surface area is 230 Å². The summed E-state index contributed by atoms with van der Waals surface area (Å²) in [6.07, 6.45) is 1.90. The topological polar surface area (TPSA) is 89.5 Å². The molecule has 0 saturated heterocycles. The first-order valence-electron chi connectivity index (χ1n) is 12.3. The van der Waals surface area contributed by atoms with E-state index in [0.29, 0.717) is 23.1 Å². The Morgan fingerprint density at radius 2 is 0.763 bits per heavy atom. The average Bonchev–Trinajstić information content (AvgIpc) is 2.76. The van der Waals surface area contributed by atoms with Crippen LogP contribution in [-0.2, 0) is 0 Å². The number of rotatable bonds is 3. The first-order chi connectivity index (χ1) is 17.5. The van der Waals surface area contributed by atoms with Crippen molar-refractivity contribution in [1.82, 2.24) is 44.2 Å². The molecule has 0 aromatic heterocycles. The van der Waals surface area contributed by atoms with Crippen LogP contribution in [0.25, 0.3) is 0 Å². The maximum Gasteiger partial charge on any atom is 0.327 e. The third-order valence-corrected chi connectivity index (χ3v) is 5.00. The zero-order valence-electron chi connectivity index (χ0n) is 26.4. The van der Waals surface area contributed by atoms with Crippen LogP contribution in [0.4, 0.5) is 0 Å². The first-order valence-corrected chi connectivity index (χ1v) is 12.3. The van der Waals surface area contributed by atoms with Gasteiger partial charge in [0.15, 0.2) is 0 Å². The maximum absolute atomic E-state index is 4.97. The molecule has 0 saturated carbocycles. The van der Waals surface area contributed by atoms with Crippen molar-refractivity contribution in [2.45, 2.75) is 0 Å². The molecule has 0 aromatic rings. The van der Waals surface area contributed by atoms with Gasteiger partial charge in [-0.05, 0) is 0 Å². The molecule has 0 atom stereocenters. The van der Waals surface area contributed by atoms with E-state index in [2.05, 4.69) is 0 Å². The second-order valence-electron chi connectivity index (χ2n) is 10.5. The van der Waals surface area contributed by atoms with Gasteiger partial charge in [-0.15, -0.1) is 0 Å². The average molecular weight is 532 g/mol. The quantitative estimate of drug-likeness (QED) is 0.363. The fraction of sp³-hybridized carbons (Fsp3) is 0.640. The van der Waals surface area contributed by atoms with Crippen molar-refractivity contribution >= 4 is 29.7 Å². The minimum atomic E-state index is 0.439. The molecule has 13 nitrogen and oxygen atoms in total. The van der Waals surface area contributed by atoms with E-state index in [1.54, 1.807) is 0 Å². The lowest BCUT2D eigenvalue weighted by Gasteiger charge is -2.24. The molecule has 0 unspecified atom stereocenters. The molecule has 213 valence electrons. The fourth-order valence-corrected chi connectivity index (χ4v) is 3.61. The van der Waals surface area contributed by atoms with Gasteiger partial charge in [0.05, 0.1) is 0 Å². The van der Waals surface area contributed by atoms with Crippen LogP contribution in [0.5, 0.6) is 0 Å². The number of aliphatic imine (C=N–C) groups is 5. The van der Waals surface area contributed by atoms with Gasteiger partial charge in [-0.2, -0.15) is 0 Å². The maximum atomic E-state index is 4.97. The van der Waals surface area contributed by atoms with Crippen LogP contribution in [0.3, 0.4) is 0 Å². The Bertz CT molecular complexity index is 911. The van der Waals surface area contributed by atoms with Gasteiger partial charge < -0.3 is 39.2 Å². The number of nitrogens with zero attached hydrogens (tertiary/aromatic N) is 13. The van der Waals surface area contributed by atoms with E-state index in [9.17, 15) is 0 Å². The lowest BCUT2D eigenvalue weighted by Crippen LogP contribution is -2.38. The summed E-state index contributed by atoms with van der Waals surface area (Å²) in [5, 5.41) is 0. The lowest BCUT2D eigenvalue weighted by molar-refractivity contribution is 0.480. The summed E-state index contributed by atoms with van der Waals surface area (Å²) in [5.41, 5.74) is 1.16. The van der Waals surface area contributed by atoms with Gasteiger partial charge in [0.1, 0.15) is 11.4 Å². The van der Waals surface area contributed by atoms with Crippen LogP contribution in [0.1, 0.15) is 0 Å². The second-order valence-corrected chi connectivity index (χ2v) is 10.5. The smallest absolute Gasteiger partial charge is 0.327 e. The zero-order valence-corrected chi connectivity index (χ0v) is 26.4. The fourth-order valence-electron chi connectivity index (χ4n) is 3.61. The first kappa shape index (κ1) is 32.3. The third-order valence-electron chi connectivity index (χ3n) is 5.00. The molecular weight excluding hydrogens is 482 g/mol. The van der Waals surface area contributed by atoms with Gasteiger partial charge in [0, 0.05) is 119 Å². The second kappa shape index (κ2) is 13.7. The van der Waals surface area contributed by atoms with E-state index in [1.165, 1.54) is 0 Å². The van der Waals surface area contributed by atoms with E-state index >= 15 is 0 Å². The van der Waals surface area contributed by atoms with Crippen LogP contribution >= 0.6 is 0 Å². The van der Waals surface area contributed by atoms with E-state index in [4.69, 9.17) is 25.0 Å². The summed E-state index contributed by atoms with van der Waals surface area (Å²) in [7, 11) is 31.2. The Morgan fingerprint density at radius 3 is 1.13 bits per heavy atom. The van der Waals surface area contributed by atoms with Crippen molar-refractivity contribution in [1.29, 1.82) is 0 Å². The molecule has 0 aromatic carbocycles. The molecule has 38 heavy (non-hydrogen) atoms. The Hall–Kier alpha value is -3.77. The predicted molar refractivity (Wildman–Crippen MR) is 161 cm³/mol. The Morgan fingerprint density at radius 1 is 0.447 bits per heavy atom. The molecule has 1 heterocycles. The Balaban J connectivity index is 4.26. The monoisotopic (exact) mass is 531 g/mol. The molecular formula is C25H49N13+. The summed E-state index contributed by atoms with van der Waals surface area (Å²) in [5.74, 6) is 3.81. The van der Waals surface area contributed by atoms with Crippen molar-refractivity contribution in [3.05, 3.63) is 23.3 Å². The van der Waals surface area contributed by atoms with E-state index in [1.807, 2.05) is 158 Å². The molecule has 13 heteroatoms. The predicted octanol–water partition coefficient (Wildman–Crippen LogP) is -0.296. The van der Waals surface area contributed by atoms with Crippen molar-refractivity contribution in [3.63, 3.8) is 0 Å². The van der Waals surface area contributed by atoms with Crippen molar-refractivity contribution < 1.29 is 0 Å². The number of allylic oxidation sites excluding steroid dienone is 1. The van der Waals surface area contributed by atoms with Crippen LogP contribution in [-0.4, -0.2) is 182 Å². The normalized spacial score (nSPS) is 12.4. The molecule has 0 aliphatic carbocycles. The van der Waals surface area contributed by atoms with Crippen LogP contribution in [0.2, 0.25) is 0 Å². The largest absolute Gasteiger partial charge is 0.349 e. The molecule has 1 aliphatic rings. The van der Waals surface area contributed by atoms with Gasteiger partial charge in [-0.3, -0.25) is 0 Å². The highest BCUT2D eigenvalue weighted by molar-refractivity contribution is 6.07. The van der Waals surface area contributed by atoms with Gasteiger partial charge in [0.25, 0.3) is 11.9 Å². The van der Waals surface area contributed by atoms with Gasteiger partial charge in [-0.25, -0.2) is 9.98 Å². The van der Waals surface area contributed by atoms with Gasteiger partial charge in [0.2, 0.25) is 11.9 Å². The van der Waals surface area contributed by atoms with Gasteiger partial charge in [-0.1, -0.05) is 15.0 Å². The molecule has 0 N–H and O–H groups in total. The summed E-state index contributed by atoms with van der Waals surface area (Å²) in [6, 6.07) is 0. The minimum absolute atomic E-state index is 0.439. The van der Waals surface area contributed by atoms with E-state index in [0.717, 1.165) is 23.8 Å². The molecule has 0 amide bonds. The molecule has 1 rings (SSSR count).